The van der Waals surface area contributed by atoms with E-state index in [9.17, 15) is 9.59 Å². The molecule has 0 saturated carbocycles. The summed E-state index contributed by atoms with van der Waals surface area (Å²) in [5.74, 6) is -1.16. The van der Waals surface area contributed by atoms with Gasteiger partial charge in [0, 0.05) is 10.7 Å². The molecular weight excluding hydrogens is 326 g/mol. The second-order valence-electron chi connectivity index (χ2n) is 5.49. The topological polar surface area (TPSA) is 55.4 Å². The molecule has 0 aliphatic heterocycles. The summed E-state index contributed by atoms with van der Waals surface area (Å²) in [6.07, 6.45) is 0.609. The van der Waals surface area contributed by atoms with E-state index in [4.69, 9.17) is 16.3 Å². The highest BCUT2D eigenvalue weighted by Crippen LogP contribution is 2.22. The van der Waals surface area contributed by atoms with Gasteiger partial charge in [-0.3, -0.25) is 9.59 Å². The summed E-state index contributed by atoms with van der Waals surface area (Å²) in [6, 6.07) is 14.6. The van der Waals surface area contributed by atoms with Gasteiger partial charge in [0.2, 0.25) is 0 Å². The second kappa shape index (κ2) is 8.50. The van der Waals surface area contributed by atoms with Crippen LogP contribution in [0.2, 0.25) is 5.02 Å². The zero-order valence-corrected chi connectivity index (χ0v) is 14.5. The van der Waals surface area contributed by atoms with Crippen molar-refractivity contribution in [3.63, 3.8) is 0 Å². The molecule has 4 nitrogen and oxygen atoms in total. The summed E-state index contributed by atoms with van der Waals surface area (Å²) in [7, 11) is 0. The van der Waals surface area contributed by atoms with Crippen LogP contribution in [0.25, 0.3) is 0 Å². The molecule has 2 aromatic rings. The second-order valence-corrected chi connectivity index (χ2v) is 5.92. The smallest absolute Gasteiger partial charge is 0.313 e. The Morgan fingerprint density at radius 2 is 1.88 bits per heavy atom. The van der Waals surface area contributed by atoms with Crippen LogP contribution in [-0.4, -0.2) is 18.5 Å². The molecule has 0 aromatic heterocycles. The van der Waals surface area contributed by atoms with Gasteiger partial charge in [0.1, 0.15) is 0 Å². The number of carbonyl (C=O) groups excluding carboxylic acids is 2. The molecule has 0 aliphatic carbocycles. The minimum Gasteiger partial charge on any atom is -0.455 e. The lowest BCUT2D eigenvalue weighted by Crippen LogP contribution is -2.24. The number of aryl methyl sites for hydroxylation is 1. The third-order valence-electron chi connectivity index (χ3n) is 3.71. The summed E-state index contributed by atoms with van der Waals surface area (Å²) in [5.41, 5.74) is 2.38. The molecule has 0 saturated heterocycles. The molecule has 1 unspecified atom stereocenters. The van der Waals surface area contributed by atoms with Gasteiger partial charge >= 0.3 is 5.97 Å². The summed E-state index contributed by atoms with van der Waals surface area (Å²) in [5, 5.41) is 3.23. The highest BCUT2D eigenvalue weighted by molar-refractivity contribution is 6.31. The zero-order valence-electron chi connectivity index (χ0n) is 13.7. The average molecular weight is 346 g/mol. The van der Waals surface area contributed by atoms with Crippen molar-refractivity contribution < 1.29 is 14.3 Å². The normalized spacial score (nSPS) is 11.6. The molecule has 0 heterocycles. The molecule has 0 aliphatic rings. The maximum absolute atomic E-state index is 12.2. The first kappa shape index (κ1) is 18.0. The fourth-order valence-electron chi connectivity index (χ4n) is 2.38. The molecule has 0 spiro atoms. The van der Waals surface area contributed by atoms with Crippen LogP contribution in [-0.2, 0) is 14.3 Å². The minimum atomic E-state index is -0.401. The Hall–Kier alpha value is -2.33. The molecule has 2 rings (SSSR count). The molecule has 1 amide bonds. The maximum Gasteiger partial charge on any atom is 0.313 e. The first-order valence-corrected chi connectivity index (χ1v) is 8.16. The number of amides is 1. The van der Waals surface area contributed by atoms with E-state index in [0.29, 0.717) is 17.1 Å². The molecule has 0 radical (unpaired) electrons. The fraction of sp³-hybridized carbons (Fsp3) is 0.263. The van der Waals surface area contributed by atoms with E-state index in [0.717, 1.165) is 11.1 Å². The van der Waals surface area contributed by atoms with E-state index in [1.165, 1.54) is 0 Å². The number of rotatable bonds is 6. The van der Waals surface area contributed by atoms with Crippen LogP contribution in [0, 0.1) is 6.92 Å². The van der Waals surface area contributed by atoms with E-state index >= 15 is 0 Å². The lowest BCUT2D eigenvalue weighted by molar-refractivity contribution is -0.149. The van der Waals surface area contributed by atoms with E-state index < -0.39 is 11.9 Å². The van der Waals surface area contributed by atoms with Gasteiger partial charge in [-0.1, -0.05) is 54.9 Å². The predicted octanol–water partition coefficient (Wildman–Crippen LogP) is 4.32. The number of hydrogen-bond donors (Lipinski definition) is 1. The van der Waals surface area contributed by atoms with Crippen LogP contribution in [0.15, 0.2) is 48.5 Å². The molecule has 1 N–H and O–H groups in total. The Balaban J connectivity index is 1.93. The Morgan fingerprint density at radius 3 is 2.54 bits per heavy atom. The van der Waals surface area contributed by atoms with Gasteiger partial charge in [-0.25, -0.2) is 0 Å². The third-order valence-corrected chi connectivity index (χ3v) is 3.95. The number of halogens is 1. The lowest BCUT2D eigenvalue weighted by atomic mass is 9.97. The number of esters is 1. The van der Waals surface area contributed by atoms with Crippen LogP contribution in [0.5, 0.6) is 0 Å². The third kappa shape index (κ3) is 4.83. The summed E-state index contributed by atoms with van der Waals surface area (Å²) in [6.45, 7) is 3.45. The predicted molar refractivity (Wildman–Crippen MR) is 95.3 cm³/mol. The summed E-state index contributed by atoms with van der Waals surface area (Å²) in [4.78, 5) is 24.2. The number of anilines is 1. The van der Waals surface area contributed by atoms with Gasteiger partial charge < -0.3 is 10.1 Å². The maximum atomic E-state index is 12.2. The first-order valence-electron chi connectivity index (χ1n) is 7.79. The van der Waals surface area contributed by atoms with E-state index in [-0.39, 0.29) is 12.5 Å². The average Bonchev–Trinajstić information content (AvgIpc) is 2.58. The number of nitrogens with one attached hydrogen (secondary N) is 1. The number of carbonyl (C=O) groups is 2. The van der Waals surface area contributed by atoms with Crippen LogP contribution in [0.1, 0.15) is 30.4 Å². The van der Waals surface area contributed by atoms with Gasteiger partial charge in [0.25, 0.3) is 5.91 Å². The molecule has 1 atom stereocenters. The largest absolute Gasteiger partial charge is 0.455 e. The van der Waals surface area contributed by atoms with Gasteiger partial charge in [0.15, 0.2) is 6.61 Å². The lowest BCUT2D eigenvalue weighted by Gasteiger charge is -2.15. The van der Waals surface area contributed by atoms with Crippen molar-refractivity contribution in [1.82, 2.24) is 0 Å². The highest BCUT2D eigenvalue weighted by atomic mass is 35.5. The Labute approximate surface area is 146 Å². The summed E-state index contributed by atoms with van der Waals surface area (Å²) < 4.78 is 5.17. The van der Waals surface area contributed by atoms with Gasteiger partial charge in [0.05, 0.1) is 5.92 Å². The van der Waals surface area contributed by atoms with Crippen LogP contribution >= 0.6 is 11.6 Å². The van der Waals surface area contributed by atoms with Gasteiger partial charge in [-0.05, 0) is 36.6 Å². The van der Waals surface area contributed by atoms with Gasteiger partial charge in [-0.2, -0.15) is 0 Å². The van der Waals surface area contributed by atoms with Crippen LogP contribution in [0.3, 0.4) is 0 Å². The van der Waals surface area contributed by atoms with Crippen LogP contribution < -0.4 is 5.32 Å². The van der Waals surface area contributed by atoms with Crippen molar-refractivity contribution >= 4 is 29.2 Å². The van der Waals surface area contributed by atoms with Crippen molar-refractivity contribution in [2.75, 3.05) is 11.9 Å². The Bertz CT molecular complexity index is 716. The number of hydrogen-bond acceptors (Lipinski definition) is 3. The molecule has 24 heavy (non-hydrogen) atoms. The van der Waals surface area contributed by atoms with Gasteiger partial charge in [-0.15, -0.1) is 0 Å². The molecule has 0 fully saturated rings. The van der Waals surface area contributed by atoms with Crippen molar-refractivity contribution in [2.24, 2.45) is 0 Å². The van der Waals surface area contributed by atoms with Crippen molar-refractivity contribution in [3.8, 4) is 0 Å². The molecular formula is C19H20ClNO3. The fourth-order valence-corrected chi connectivity index (χ4v) is 2.55. The number of benzene rings is 2. The van der Waals surface area contributed by atoms with E-state index in [2.05, 4.69) is 5.32 Å². The van der Waals surface area contributed by atoms with Crippen molar-refractivity contribution in [1.29, 1.82) is 0 Å². The highest BCUT2D eigenvalue weighted by Gasteiger charge is 2.21. The molecule has 5 heteroatoms. The Kier molecular flexibility index (Phi) is 6.38. The Morgan fingerprint density at radius 1 is 1.17 bits per heavy atom. The van der Waals surface area contributed by atoms with E-state index in [1.807, 2.05) is 50.2 Å². The SMILES string of the molecule is CCC(C(=O)OCC(=O)Nc1cc(Cl)ccc1C)c1ccccc1. The zero-order chi connectivity index (χ0) is 17.5. The molecule has 2 aromatic carbocycles. The van der Waals surface area contributed by atoms with Crippen molar-refractivity contribution in [2.45, 2.75) is 26.2 Å². The minimum absolute atomic E-state index is 0.325. The molecule has 0 bridgehead atoms. The summed E-state index contributed by atoms with van der Waals surface area (Å²) >= 11 is 5.92. The molecule has 126 valence electrons. The number of ether oxygens (including phenoxy) is 1. The first-order chi connectivity index (χ1) is 11.5. The van der Waals surface area contributed by atoms with Crippen LogP contribution in [0.4, 0.5) is 5.69 Å². The quantitative estimate of drug-likeness (QED) is 0.793. The van der Waals surface area contributed by atoms with E-state index in [1.54, 1.807) is 12.1 Å². The van der Waals surface area contributed by atoms with Crippen molar-refractivity contribution in [3.05, 3.63) is 64.7 Å². The standard InChI is InChI=1S/C19H20ClNO3/c1-3-16(14-7-5-4-6-8-14)19(23)24-12-18(22)21-17-11-15(20)10-9-13(17)2/h4-11,16H,3,12H2,1-2H3,(H,21,22). The monoisotopic (exact) mass is 345 g/mol.